The Labute approximate surface area is 221 Å². The number of hydrogen-bond donors (Lipinski definition) is 1. The molecule has 2 aliphatic rings. The van der Waals surface area contributed by atoms with Gasteiger partial charge in [0, 0.05) is 25.2 Å². The first-order valence-electron chi connectivity index (χ1n) is 13.0. The Morgan fingerprint density at radius 3 is 2.53 bits per heavy atom. The summed E-state index contributed by atoms with van der Waals surface area (Å²) in [5, 5.41) is 2.93. The number of likely N-dealkylation sites (tertiary alicyclic amines) is 1. The molecule has 1 N–H and O–H groups in total. The highest BCUT2D eigenvalue weighted by molar-refractivity contribution is 5.98. The molecule has 1 fully saturated rings. The fraction of sp³-hybridized carbons (Fsp3) is 0.333. The second-order valence-electron chi connectivity index (χ2n) is 9.76. The number of fused-ring (bicyclic) bond motifs is 1. The lowest BCUT2D eigenvalue weighted by atomic mass is 9.86. The van der Waals surface area contributed by atoms with Crippen LogP contribution >= 0.6 is 0 Å². The van der Waals surface area contributed by atoms with Crippen LogP contribution in [0.1, 0.15) is 40.2 Å². The number of nitrogens with one attached hydrogen (secondary N) is 1. The lowest BCUT2D eigenvalue weighted by Gasteiger charge is -2.35. The van der Waals surface area contributed by atoms with Crippen LogP contribution < -0.4 is 15.0 Å². The average molecular weight is 520 g/mol. The van der Waals surface area contributed by atoms with Crippen molar-refractivity contribution >= 4 is 17.5 Å². The molecule has 2 aliphatic heterocycles. The van der Waals surface area contributed by atoms with Gasteiger partial charge < -0.3 is 19.9 Å². The van der Waals surface area contributed by atoms with Crippen LogP contribution in [0.15, 0.2) is 66.7 Å². The third kappa shape index (κ3) is 5.86. The normalized spacial score (nSPS) is 16.2. The lowest BCUT2D eigenvalue weighted by Crippen LogP contribution is -2.45. The van der Waals surface area contributed by atoms with Crippen molar-refractivity contribution in [3.05, 3.63) is 95.1 Å². The van der Waals surface area contributed by atoms with Gasteiger partial charge in [0.25, 0.3) is 11.8 Å². The molecule has 8 heteroatoms. The summed E-state index contributed by atoms with van der Waals surface area (Å²) in [5.74, 6) is -0.932. The number of benzene rings is 3. The van der Waals surface area contributed by atoms with E-state index in [1.807, 2.05) is 53.4 Å². The number of nitrogens with zero attached hydrogens (tertiary/aromatic N) is 2. The summed E-state index contributed by atoms with van der Waals surface area (Å²) < 4.78 is 32.1. The summed E-state index contributed by atoms with van der Waals surface area (Å²) in [6.45, 7) is 3.56. The molecule has 0 spiro atoms. The van der Waals surface area contributed by atoms with E-state index in [2.05, 4.69) is 10.2 Å². The maximum absolute atomic E-state index is 13.4. The van der Waals surface area contributed by atoms with Gasteiger partial charge in [0.1, 0.15) is 5.75 Å². The van der Waals surface area contributed by atoms with Crippen LogP contribution in [0.2, 0.25) is 0 Å². The number of hydrogen-bond acceptors (Lipinski definition) is 4. The van der Waals surface area contributed by atoms with Gasteiger partial charge in [-0.3, -0.25) is 9.59 Å². The zero-order valence-corrected chi connectivity index (χ0v) is 21.2. The van der Waals surface area contributed by atoms with E-state index < -0.39 is 11.6 Å². The molecule has 0 unspecified atom stereocenters. The Morgan fingerprint density at radius 2 is 1.71 bits per heavy atom. The van der Waals surface area contributed by atoms with Crippen molar-refractivity contribution < 1.29 is 23.1 Å². The summed E-state index contributed by atoms with van der Waals surface area (Å²) in [6.07, 6.45) is 2.26. The summed E-state index contributed by atoms with van der Waals surface area (Å²) in [4.78, 5) is 29.6. The van der Waals surface area contributed by atoms with Crippen molar-refractivity contribution in [3.63, 3.8) is 0 Å². The van der Waals surface area contributed by atoms with Crippen molar-refractivity contribution in [3.8, 4) is 5.75 Å². The minimum absolute atomic E-state index is 0.0249. The van der Waals surface area contributed by atoms with Gasteiger partial charge in [0.2, 0.25) is 0 Å². The van der Waals surface area contributed by atoms with Crippen molar-refractivity contribution in [2.45, 2.75) is 25.2 Å². The maximum Gasteiger partial charge on any atom is 0.265 e. The maximum atomic E-state index is 13.4. The highest BCUT2D eigenvalue weighted by Crippen LogP contribution is 2.33. The number of halogens is 2. The first-order chi connectivity index (χ1) is 18.5. The van der Waals surface area contributed by atoms with Crippen LogP contribution in [-0.4, -0.2) is 56.0 Å². The third-order valence-electron chi connectivity index (χ3n) is 7.36. The molecule has 0 saturated carbocycles. The summed E-state index contributed by atoms with van der Waals surface area (Å²) in [6, 6.07) is 19.1. The zero-order valence-electron chi connectivity index (χ0n) is 21.2. The minimum Gasteiger partial charge on any atom is -0.482 e. The molecule has 0 radical (unpaired) electrons. The van der Waals surface area contributed by atoms with Gasteiger partial charge >= 0.3 is 0 Å². The monoisotopic (exact) mass is 519 g/mol. The highest BCUT2D eigenvalue weighted by Gasteiger charge is 2.28. The van der Waals surface area contributed by atoms with Crippen LogP contribution in [0, 0.1) is 11.6 Å². The molecule has 38 heavy (non-hydrogen) atoms. The fourth-order valence-corrected chi connectivity index (χ4v) is 5.28. The molecule has 3 aromatic rings. The molecule has 2 amide bonds. The van der Waals surface area contributed by atoms with Gasteiger partial charge in [0.15, 0.2) is 18.2 Å². The van der Waals surface area contributed by atoms with Crippen LogP contribution in [-0.2, 0) is 11.2 Å². The Bertz CT molecular complexity index is 1310. The third-order valence-corrected chi connectivity index (χ3v) is 7.36. The Hall–Kier alpha value is -3.78. The van der Waals surface area contributed by atoms with Crippen LogP contribution in [0.5, 0.6) is 5.75 Å². The number of carbonyl (C=O) groups excluding carboxylic acids is 2. The molecule has 5 rings (SSSR count). The second-order valence-corrected chi connectivity index (χ2v) is 9.76. The number of para-hydroxylation sites is 2. The van der Waals surface area contributed by atoms with Crippen molar-refractivity contribution in [1.29, 1.82) is 0 Å². The quantitative estimate of drug-likeness (QED) is 0.475. The first kappa shape index (κ1) is 25.9. The van der Waals surface area contributed by atoms with E-state index in [-0.39, 0.29) is 24.3 Å². The molecular formula is C30H31F2N3O3. The number of anilines is 1. The Morgan fingerprint density at radius 1 is 0.947 bits per heavy atom. The molecule has 0 bridgehead atoms. The molecule has 0 atom stereocenters. The van der Waals surface area contributed by atoms with Crippen molar-refractivity contribution in [2.75, 3.05) is 44.2 Å². The van der Waals surface area contributed by atoms with Gasteiger partial charge in [0.05, 0.1) is 5.69 Å². The van der Waals surface area contributed by atoms with Crippen LogP contribution in [0.3, 0.4) is 0 Å². The van der Waals surface area contributed by atoms with Crippen LogP contribution in [0.25, 0.3) is 0 Å². The topological polar surface area (TPSA) is 61.9 Å². The smallest absolute Gasteiger partial charge is 0.265 e. The predicted octanol–water partition coefficient (Wildman–Crippen LogP) is 4.54. The highest BCUT2D eigenvalue weighted by atomic mass is 19.2. The lowest BCUT2D eigenvalue weighted by molar-refractivity contribution is -0.121. The van der Waals surface area contributed by atoms with Crippen molar-refractivity contribution in [1.82, 2.24) is 10.2 Å². The standard InChI is InChI=1S/C30H31F2N3O3/c31-25-10-9-21(19-26(25)32)11-14-33-30(37)24-6-2-1-5-23(24)22-12-15-34(16-13-22)17-18-35-27-7-3-4-8-28(27)38-20-29(35)36/h1-10,19,22H,11-18,20H2,(H,33,37). The molecular weight excluding hydrogens is 488 g/mol. The summed E-state index contributed by atoms with van der Waals surface area (Å²) >= 11 is 0. The van der Waals surface area contributed by atoms with E-state index >= 15 is 0 Å². The second kappa shape index (κ2) is 11.7. The van der Waals surface area contributed by atoms with Crippen molar-refractivity contribution in [2.24, 2.45) is 0 Å². The summed E-state index contributed by atoms with van der Waals surface area (Å²) in [7, 11) is 0. The van der Waals surface area contributed by atoms with Gasteiger partial charge in [-0.05, 0) is 79.7 Å². The number of rotatable bonds is 8. The number of piperidine rings is 1. The number of ether oxygens (including phenoxy) is 1. The molecule has 198 valence electrons. The molecule has 0 aromatic heterocycles. The first-order valence-corrected chi connectivity index (χ1v) is 13.0. The molecule has 1 saturated heterocycles. The molecule has 3 aromatic carbocycles. The van der Waals surface area contributed by atoms with E-state index in [0.717, 1.165) is 61.6 Å². The molecule has 0 aliphatic carbocycles. The molecule has 6 nitrogen and oxygen atoms in total. The van der Waals surface area contributed by atoms with E-state index in [4.69, 9.17) is 4.74 Å². The average Bonchev–Trinajstić information content (AvgIpc) is 2.94. The number of amides is 2. The van der Waals surface area contributed by atoms with E-state index in [1.54, 1.807) is 0 Å². The zero-order chi connectivity index (χ0) is 26.5. The van der Waals surface area contributed by atoms with Gasteiger partial charge in [-0.15, -0.1) is 0 Å². The summed E-state index contributed by atoms with van der Waals surface area (Å²) in [5.41, 5.74) is 3.15. The fourth-order valence-electron chi connectivity index (χ4n) is 5.28. The van der Waals surface area contributed by atoms with E-state index in [9.17, 15) is 18.4 Å². The van der Waals surface area contributed by atoms with Gasteiger partial charge in [-0.2, -0.15) is 0 Å². The van der Waals surface area contributed by atoms with Gasteiger partial charge in [-0.25, -0.2) is 8.78 Å². The van der Waals surface area contributed by atoms with E-state index in [0.29, 0.717) is 30.6 Å². The Kier molecular flexibility index (Phi) is 7.98. The molecule has 2 heterocycles. The van der Waals surface area contributed by atoms with E-state index in [1.165, 1.54) is 6.07 Å². The van der Waals surface area contributed by atoms with Gasteiger partial charge in [-0.1, -0.05) is 36.4 Å². The predicted molar refractivity (Wildman–Crippen MR) is 142 cm³/mol. The SMILES string of the molecule is O=C(NCCc1ccc(F)c(F)c1)c1ccccc1C1CCN(CCN2C(=O)COc3ccccc32)CC1. The minimum atomic E-state index is -0.883. The largest absolute Gasteiger partial charge is 0.482 e. The number of carbonyl (C=O) groups is 2. The Balaban J connectivity index is 1.14. The van der Waals surface area contributed by atoms with Crippen LogP contribution in [0.4, 0.5) is 14.5 Å².